The highest BCUT2D eigenvalue weighted by Crippen LogP contribution is 2.28. The Morgan fingerprint density at radius 2 is 2.33 bits per heavy atom. The smallest absolute Gasteiger partial charge is 0.414 e. The van der Waals surface area contributed by atoms with Crippen LogP contribution in [0.25, 0.3) is 0 Å². The van der Waals surface area contributed by atoms with E-state index < -0.39 is 11.9 Å². The fourth-order valence-corrected chi connectivity index (χ4v) is 2.30. The second-order valence-corrected chi connectivity index (χ2v) is 5.02. The second kappa shape index (κ2) is 5.21. The average molecular weight is 293 g/mol. The molecule has 1 unspecified atom stereocenters. The summed E-state index contributed by atoms with van der Waals surface area (Å²) in [6, 6.07) is 4.58. The quantitative estimate of drug-likeness (QED) is 0.890. The van der Waals surface area contributed by atoms with Crippen molar-refractivity contribution in [3.63, 3.8) is 0 Å². The fourth-order valence-electron chi connectivity index (χ4n) is 2.30. The molecule has 1 amide bonds. The van der Waals surface area contributed by atoms with E-state index in [0.29, 0.717) is 24.6 Å². The first kappa shape index (κ1) is 13.6. The number of ether oxygens (including phenoxy) is 1. The number of cyclic esters (lactones) is 1. The van der Waals surface area contributed by atoms with Crippen molar-refractivity contribution in [1.29, 1.82) is 0 Å². The Hall–Kier alpha value is -2.35. The summed E-state index contributed by atoms with van der Waals surface area (Å²) in [6.07, 6.45) is 0.769. The summed E-state index contributed by atoms with van der Waals surface area (Å²) in [5, 5.41) is 5.63. The van der Waals surface area contributed by atoms with E-state index in [-0.39, 0.29) is 12.6 Å². The van der Waals surface area contributed by atoms with Gasteiger partial charge >= 0.3 is 6.09 Å². The van der Waals surface area contributed by atoms with Gasteiger partial charge in [-0.25, -0.2) is 14.2 Å². The summed E-state index contributed by atoms with van der Waals surface area (Å²) in [7, 11) is 1.85. The number of nitrogens with two attached hydrogens (primary N) is 1. The first-order chi connectivity index (χ1) is 10.1. The molecule has 8 heteroatoms. The SMILES string of the molecule is CN1C=NN(c2ccc(N3CC(CN)OC3=O)cc2F)C1. The van der Waals surface area contributed by atoms with Gasteiger partial charge in [-0.1, -0.05) is 0 Å². The summed E-state index contributed by atoms with van der Waals surface area (Å²) >= 11 is 0. The standard InChI is InChI=1S/C13H16FN5O2/c1-17-7-16-19(8-17)12-3-2-9(4-11(12)14)18-6-10(5-15)21-13(18)20/h2-4,7,10H,5-6,8,15H2,1H3. The Bertz CT molecular complexity index is 594. The molecule has 1 aromatic carbocycles. The normalized spacial score (nSPS) is 21.4. The average Bonchev–Trinajstić information content (AvgIpc) is 3.04. The van der Waals surface area contributed by atoms with Crippen molar-refractivity contribution in [3.8, 4) is 0 Å². The molecule has 1 atom stereocenters. The Morgan fingerprint density at radius 3 is 2.90 bits per heavy atom. The lowest BCUT2D eigenvalue weighted by atomic mass is 10.2. The molecule has 112 valence electrons. The number of rotatable bonds is 3. The summed E-state index contributed by atoms with van der Waals surface area (Å²) in [6.45, 7) is 1.06. The minimum Gasteiger partial charge on any atom is -0.443 e. The van der Waals surface area contributed by atoms with Gasteiger partial charge < -0.3 is 15.4 Å². The monoisotopic (exact) mass is 293 g/mol. The molecule has 0 spiro atoms. The molecule has 0 aromatic heterocycles. The number of halogens is 1. The van der Waals surface area contributed by atoms with Crippen LogP contribution in [0.15, 0.2) is 23.3 Å². The van der Waals surface area contributed by atoms with Gasteiger partial charge in [0.05, 0.1) is 17.9 Å². The fraction of sp³-hybridized carbons (Fsp3) is 0.385. The molecule has 0 bridgehead atoms. The Kier molecular flexibility index (Phi) is 3.38. The van der Waals surface area contributed by atoms with E-state index in [1.807, 2.05) is 11.9 Å². The van der Waals surface area contributed by atoms with Gasteiger partial charge in [-0.05, 0) is 18.2 Å². The minimum atomic E-state index is -0.503. The van der Waals surface area contributed by atoms with E-state index in [2.05, 4.69) is 5.10 Å². The van der Waals surface area contributed by atoms with E-state index in [4.69, 9.17) is 10.5 Å². The molecule has 2 aliphatic heterocycles. The van der Waals surface area contributed by atoms with Crippen LogP contribution in [0.3, 0.4) is 0 Å². The molecule has 0 radical (unpaired) electrons. The number of hydrogen-bond acceptors (Lipinski definition) is 6. The highest BCUT2D eigenvalue weighted by molar-refractivity contribution is 5.90. The lowest BCUT2D eigenvalue weighted by molar-refractivity contribution is 0.145. The molecule has 3 rings (SSSR count). The summed E-state index contributed by atoms with van der Waals surface area (Å²) in [4.78, 5) is 14.9. The number of anilines is 2. The topological polar surface area (TPSA) is 74.4 Å². The van der Waals surface area contributed by atoms with Gasteiger partial charge in [0.25, 0.3) is 0 Å². The number of benzene rings is 1. The zero-order valence-corrected chi connectivity index (χ0v) is 11.6. The summed E-state index contributed by atoms with van der Waals surface area (Å²) < 4.78 is 19.3. The molecule has 2 N–H and O–H groups in total. The van der Waals surface area contributed by atoms with Gasteiger partial charge in [0.1, 0.15) is 19.1 Å². The third kappa shape index (κ3) is 2.49. The highest BCUT2D eigenvalue weighted by Gasteiger charge is 2.32. The number of nitrogens with zero attached hydrogens (tertiary/aromatic N) is 4. The maximum Gasteiger partial charge on any atom is 0.414 e. The van der Waals surface area contributed by atoms with Crippen molar-refractivity contribution < 1.29 is 13.9 Å². The number of amides is 1. The third-order valence-electron chi connectivity index (χ3n) is 3.40. The highest BCUT2D eigenvalue weighted by atomic mass is 19.1. The molecule has 1 aromatic rings. The van der Waals surface area contributed by atoms with Gasteiger partial charge in [-0.3, -0.25) is 4.90 Å². The van der Waals surface area contributed by atoms with Crippen LogP contribution in [0.4, 0.5) is 20.6 Å². The zero-order valence-electron chi connectivity index (χ0n) is 11.6. The van der Waals surface area contributed by atoms with Crippen molar-refractivity contribution in [2.45, 2.75) is 6.10 Å². The number of hydrogen-bond donors (Lipinski definition) is 1. The van der Waals surface area contributed by atoms with Crippen LogP contribution in [0.1, 0.15) is 0 Å². The molecular weight excluding hydrogens is 277 g/mol. The molecule has 7 nitrogen and oxygen atoms in total. The van der Waals surface area contributed by atoms with Crippen LogP contribution in [0.2, 0.25) is 0 Å². The first-order valence-electron chi connectivity index (χ1n) is 6.58. The second-order valence-electron chi connectivity index (χ2n) is 5.02. The molecule has 1 saturated heterocycles. The van der Waals surface area contributed by atoms with Crippen LogP contribution in [-0.4, -0.2) is 50.2 Å². The Morgan fingerprint density at radius 1 is 1.52 bits per heavy atom. The molecule has 1 fully saturated rings. The number of carbonyl (C=O) groups excluding carboxylic acids is 1. The predicted molar refractivity (Wildman–Crippen MR) is 76.7 cm³/mol. The van der Waals surface area contributed by atoms with Crippen LogP contribution >= 0.6 is 0 Å². The van der Waals surface area contributed by atoms with Crippen molar-refractivity contribution in [3.05, 3.63) is 24.0 Å². The molecule has 2 heterocycles. The van der Waals surface area contributed by atoms with E-state index in [0.717, 1.165) is 0 Å². The molecular formula is C13H16FN5O2. The first-order valence-corrected chi connectivity index (χ1v) is 6.58. The van der Waals surface area contributed by atoms with Crippen molar-refractivity contribution >= 4 is 23.8 Å². The van der Waals surface area contributed by atoms with Gasteiger partial charge in [-0.2, -0.15) is 5.10 Å². The molecule has 0 saturated carbocycles. The third-order valence-corrected chi connectivity index (χ3v) is 3.40. The maximum atomic E-state index is 14.3. The van der Waals surface area contributed by atoms with E-state index >= 15 is 0 Å². The van der Waals surface area contributed by atoms with Crippen molar-refractivity contribution in [2.75, 3.05) is 36.7 Å². The van der Waals surface area contributed by atoms with Gasteiger partial charge in [-0.15, -0.1) is 0 Å². The number of hydrazone groups is 1. The summed E-state index contributed by atoms with van der Waals surface area (Å²) in [5.41, 5.74) is 6.30. The lowest BCUT2D eigenvalue weighted by Gasteiger charge is -2.19. The Balaban J connectivity index is 1.82. The van der Waals surface area contributed by atoms with E-state index in [1.54, 1.807) is 23.5 Å². The van der Waals surface area contributed by atoms with Crippen LogP contribution in [0.5, 0.6) is 0 Å². The van der Waals surface area contributed by atoms with E-state index in [1.165, 1.54) is 11.0 Å². The molecule has 21 heavy (non-hydrogen) atoms. The minimum absolute atomic E-state index is 0.248. The van der Waals surface area contributed by atoms with Gasteiger partial charge in [0.15, 0.2) is 5.82 Å². The maximum absolute atomic E-state index is 14.3. The predicted octanol–water partition coefficient (Wildman–Crippen LogP) is 0.762. The molecule has 0 aliphatic carbocycles. The van der Waals surface area contributed by atoms with E-state index in [9.17, 15) is 9.18 Å². The number of carbonyl (C=O) groups is 1. The Labute approximate surface area is 121 Å². The van der Waals surface area contributed by atoms with Gasteiger partial charge in [0, 0.05) is 13.6 Å². The van der Waals surface area contributed by atoms with Crippen molar-refractivity contribution in [1.82, 2.24) is 4.90 Å². The van der Waals surface area contributed by atoms with Crippen molar-refractivity contribution in [2.24, 2.45) is 10.8 Å². The molecule has 2 aliphatic rings. The van der Waals surface area contributed by atoms with Gasteiger partial charge in [0.2, 0.25) is 0 Å². The summed E-state index contributed by atoms with van der Waals surface area (Å²) in [5.74, 6) is -0.441. The van der Waals surface area contributed by atoms with Crippen LogP contribution < -0.4 is 15.6 Å². The lowest BCUT2D eigenvalue weighted by Crippen LogP contribution is -2.27. The van der Waals surface area contributed by atoms with Crippen LogP contribution in [0, 0.1) is 5.82 Å². The van der Waals surface area contributed by atoms with Crippen LogP contribution in [-0.2, 0) is 4.74 Å². The largest absolute Gasteiger partial charge is 0.443 e. The zero-order chi connectivity index (χ0) is 15.0.